The second-order valence-electron chi connectivity index (χ2n) is 5.71. The Kier molecular flexibility index (Phi) is 4.69. The normalized spacial score (nSPS) is 20.0. The lowest BCUT2D eigenvalue weighted by atomic mass is 10.0. The quantitative estimate of drug-likeness (QED) is 0.907. The van der Waals surface area contributed by atoms with Gasteiger partial charge in [0.2, 0.25) is 0 Å². The van der Waals surface area contributed by atoms with E-state index in [1.807, 2.05) is 0 Å². The minimum absolute atomic E-state index is 0.0292. The molecule has 2 aromatic carbocycles. The molecule has 1 N–H and O–H groups in total. The zero-order valence-electron chi connectivity index (χ0n) is 13.5. The molecule has 5 nitrogen and oxygen atoms in total. The topological polar surface area (TPSA) is 62.1 Å². The molecule has 0 saturated carbocycles. The third kappa shape index (κ3) is 3.41. The number of hydrazone groups is 1. The number of aliphatic hydroxyl groups is 1. The molecule has 0 radical (unpaired) electrons. The van der Waals surface area contributed by atoms with E-state index in [1.54, 1.807) is 60.7 Å². The first-order chi connectivity index (χ1) is 12.3. The predicted octanol–water partition coefficient (Wildman–Crippen LogP) is 2.95. The molecule has 1 aliphatic heterocycles. The summed E-state index contributed by atoms with van der Waals surface area (Å²) in [4.78, 5) is 12.3. The van der Waals surface area contributed by atoms with E-state index >= 15 is 0 Å². The molecule has 3 rings (SSSR count). The molecule has 26 heavy (non-hydrogen) atoms. The van der Waals surface area contributed by atoms with Gasteiger partial charge in [0.25, 0.3) is 11.6 Å². The highest BCUT2D eigenvalue weighted by Gasteiger charge is 2.63. The van der Waals surface area contributed by atoms with Crippen LogP contribution in [0, 0.1) is 0 Å². The third-order valence-corrected chi connectivity index (χ3v) is 3.89. The lowest BCUT2D eigenvalue weighted by molar-refractivity contribution is -0.302. The molecule has 0 bridgehead atoms. The molecule has 2 aromatic rings. The van der Waals surface area contributed by atoms with Crippen molar-refractivity contribution in [1.29, 1.82) is 0 Å². The summed E-state index contributed by atoms with van der Waals surface area (Å²) >= 11 is 0. The number of carbonyl (C=O) groups excluding carboxylic acids is 1. The van der Waals surface area contributed by atoms with Crippen molar-refractivity contribution < 1.29 is 27.8 Å². The first kappa shape index (κ1) is 17.9. The van der Waals surface area contributed by atoms with Crippen LogP contribution in [0.1, 0.15) is 12.0 Å². The number of hydrogen-bond donors (Lipinski definition) is 1. The highest BCUT2D eigenvalue weighted by atomic mass is 19.4. The van der Waals surface area contributed by atoms with Crippen LogP contribution < -0.4 is 4.74 Å². The molecule has 8 heteroatoms. The summed E-state index contributed by atoms with van der Waals surface area (Å²) in [7, 11) is 0. The highest BCUT2D eigenvalue weighted by molar-refractivity contribution is 6.03. The summed E-state index contributed by atoms with van der Waals surface area (Å²) in [6.45, 7) is -0.687. The molecule has 0 aromatic heterocycles. The fraction of sp³-hybridized carbons (Fsp3) is 0.222. The summed E-state index contributed by atoms with van der Waals surface area (Å²) < 4.78 is 45.5. The SMILES string of the molecule is O=C(COc1ccccc1)N1N=C(c2ccccc2)C[C@@]1(O)C(F)(F)F. The van der Waals surface area contributed by atoms with Crippen molar-refractivity contribution in [3.05, 3.63) is 66.2 Å². The van der Waals surface area contributed by atoms with Gasteiger partial charge in [0.1, 0.15) is 5.75 Å². The Labute approximate surface area is 147 Å². The van der Waals surface area contributed by atoms with Gasteiger partial charge in [-0.2, -0.15) is 23.3 Å². The van der Waals surface area contributed by atoms with Crippen molar-refractivity contribution in [3.8, 4) is 5.75 Å². The standard InChI is InChI=1S/C18H15F3N2O3/c19-18(20,21)17(25)11-15(13-7-3-1-4-8-13)22-23(17)16(24)12-26-14-9-5-2-6-10-14/h1-10,25H,11-12H2/t17-/m1/s1. The van der Waals surface area contributed by atoms with Crippen molar-refractivity contribution >= 4 is 11.6 Å². The summed E-state index contributed by atoms with van der Waals surface area (Å²) in [6, 6.07) is 16.3. The van der Waals surface area contributed by atoms with Crippen LogP contribution in [-0.2, 0) is 4.79 Å². The van der Waals surface area contributed by atoms with Gasteiger partial charge in [-0.3, -0.25) is 4.79 Å². The summed E-state index contributed by atoms with van der Waals surface area (Å²) in [5, 5.41) is 14.0. The monoisotopic (exact) mass is 364 g/mol. The van der Waals surface area contributed by atoms with E-state index < -0.39 is 30.8 Å². The van der Waals surface area contributed by atoms with Crippen molar-refractivity contribution in [3.63, 3.8) is 0 Å². The zero-order valence-corrected chi connectivity index (χ0v) is 13.5. The number of amides is 1. The average Bonchev–Trinajstić information content (AvgIpc) is 3.00. The average molecular weight is 364 g/mol. The number of para-hydroxylation sites is 1. The van der Waals surface area contributed by atoms with E-state index in [0.717, 1.165) is 0 Å². The Balaban J connectivity index is 1.85. The Morgan fingerprint density at radius 3 is 2.27 bits per heavy atom. The fourth-order valence-electron chi connectivity index (χ4n) is 2.54. The maximum Gasteiger partial charge on any atom is 0.438 e. The van der Waals surface area contributed by atoms with Gasteiger partial charge < -0.3 is 9.84 Å². The van der Waals surface area contributed by atoms with E-state index in [0.29, 0.717) is 11.3 Å². The molecule has 0 spiro atoms. The van der Waals surface area contributed by atoms with Crippen LogP contribution in [0.25, 0.3) is 0 Å². The predicted molar refractivity (Wildman–Crippen MR) is 87.4 cm³/mol. The minimum atomic E-state index is -5.07. The maximum absolute atomic E-state index is 13.4. The number of benzene rings is 2. The van der Waals surface area contributed by atoms with Crippen LogP contribution in [0.15, 0.2) is 65.8 Å². The van der Waals surface area contributed by atoms with Crippen LogP contribution in [0.3, 0.4) is 0 Å². The van der Waals surface area contributed by atoms with E-state index in [1.165, 1.54) is 0 Å². The van der Waals surface area contributed by atoms with Gasteiger partial charge in [0.05, 0.1) is 12.1 Å². The van der Waals surface area contributed by atoms with Gasteiger partial charge in [0, 0.05) is 0 Å². The van der Waals surface area contributed by atoms with Crippen molar-refractivity contribution in [2.75, 3.05) is 6.61 Å². The number of ether oxygens (including phenoxy) is 1. The largest absolute Gasteiger partial charge is 0.484 e. The lowest BCUT2D eigenvalue weighted by Gasteiger charge is -2.32. The Morgan fingerprint density at radius 1 is 1.12 bits per heavy atom. The maximum atomic E-state index is 13.4. The summed E-state index contributed by atoms with van der Waals surface area (Å²) in [5.74, 6) is -0.775. The van der Waals surface area contributed by atoms with Gasteiger partial charge in [-0.1, -0.05) is 48.5 Å². The molecule has 136 valence electrons. The number of alkyl halides is 3. The van der Waals surface area contributed by atoms with Crippen molar-refractivity contribution in [2.24, 2.45) is 5.10 Å². The van der Waals surface area contributed by atoms with E-state index in [9.17, 15) is 23.1 Å². The number of hydrogen-bond acceptors (Lipinski definition) is 4. The minimum Gasteiger partial charge on any atom is -0.484 e. The highest BCUT2D eigenvalue weighted by Crippen LogP contribution is 2.41. The molecule has 1 atom stereocenters. The second-order valence-corrected chi connectivity index (χ2v) is 5.71. The fourth-order valence-corrected chi connectivity index (χ4v) is 2.54. The first-order valence-corrected chi connectivity index (χ1v) is 7.74. The third-order valence-electron chi connectivity index (χ3n) is 3.89. The molecular formula is C18H15F3N2O3. The van der Waals surface area contributed by atoms with Crippen LogP contribution in [-0.4, -0.2) is 40.2 Å². The van der Waals surface area contributed by atoms with Crippen molar-refractivity contribution in [2.45, 2.75) is 18.3 Å². The Bertz CT molecular complexity index is 809. The molecular weight excluding hydrogens is 349 g/mol. The Morgan fingerprint density at radius 2 is 1.69 bits per heavy atom. The molecule has 0 saturated heterocycles. The molecule has 1 heterocycles. The number of rotatable bonds is 4. The number of carbonyl (C=O) groups is 1. The van der Waals surface area contributed by atoms with E-state index in [2.05, 4.69) is 5.10 Å². The summed E-state index contributed by atoms with van der Waals surface area (Å²) in [5.41, 5.74) is -3.04. The van der Waals surface area contributed by atoms with Crippen LogP contribution in [0.4, 0.5) is 13.2 Å². The van der Waals surface area contributed by atoms with Gasteiger partial charge >= 0.3 is 6.18 Å². The second kappa shape index (κ2) is 6.80. The molecule has 0 aliphatic carbocycles. The molecule has 0 unspecified atom stereocenters. The van der Waals surface area contributed by atoms with E-state index in [4.69, 9.17) is 4.74 Å². The molecule has 0 fully saturated rings. The molecule has 1 amide bonds. The van der Waals surface area contributed by atoms with Gasteiger partial charge in [-0.15, -0.1) is 0 Å². The zero-order chi connectivity index (χ0) is 18.8. The van der Waals surface area contributed by atoms with Crippen LogP contribution in [0.2, 0.25) is 0 Å². The summed E-state index contributed by atoms with van der Waals surface area (Å²) in [6.07, 6.45) is -5.92. The van der Waals surface area contributed by atoms with Gasteiger partial charge in [-0.05, 0) is 17.7 Å². The van der Waals surface area contributed by atoms with Crippen LogP contribution >= 0.6 is 0 Å². The first-order valence-electron chi connectivity index (χ1n) is 7.74. The van der Waals surface area contributed by atoms with Crippen LogP contribution in [0.5, 0.6) is 5.75 Å². The molecule has 1 aliphatic rings. The number of nitrogens with zero attached hydrogens (tertiary/aromatic N) is 2. The number of halogens is 3. The van der Waals surface area contributed by atoms with E-state index in [-0.39, 0.29) is 10.7 Å². The van der Waals surface area contributed by atoms with Gasteiger partial charge in [-0.25, -0.2) is 0 Å². The Hall–Kier alpha value is -2.87. The van der Waals surface area contributed by atoms with Gasteiger partial charge in [0.15, 0.2) is 6.61 Å². The van der Waals surface area contributed by atoms with Crippen molar-refractivity contribution in [1.82, 2.24) is 5.01 Å². The smallest absolute Gasteiger partial charge is 0.438 e. The lowest BCUT2D eigenvalue weighted by Crippen LogP contribution is -2.57.